The van der Waals surface area contributed by atoms with Gasteiger partial charge in [0.05, 0.1) is 0 Å². The largest absolute Gasteiger partial charge is 0.355 e. The summed E-state index contributed by atoms with van der Waals surface area (Å²) in [6, 6.07) is 2.14. The molecule has 3 heterocycles. The Morgan fingerprint density at radius 1 is 1.35 bits per heavy atom. The van der Waals surface area contributed by atoms with Gasteiger partial charge in [-0.2, -0.15) is 0 Å². The molecule has 0 unspecified atom stereocenters. The molecule has 6 nitrogen and oxygen atoms in total. The predicted octanol–water partition coefficient (Wildman–Crippen LogP) is 0.0963. The van der Waals surface area contributed by atoms with Crippen molar-refractivity contribution in [3.63, 3.8) is 0 Å². The van der Waals surface area contributed by atoms with Crippen LogP contribution in [0.4, 0.5) is 5.82 Å². The van der Waals surface area contributed by atoms with Crippen LogP contribution in [0.25, 0.3) is 5.78 Å². The molecule has 0 amide bonds. The fraction of sp³-hybridized carbons (Fsp3) is 0.545. The van der Waals surface area contributed by atoms with Crippen LogP contribution in [0.2, 0.25) is 0 Å². The summed E-state index contributed by atoms with van der Waals surface area (Å²) in [7, 11) is 0. The van der Waals surface area contributed by atoms with E-state index in [1.165, 1.54) is 0 Å². The van der Waals surface area contributed by atoms with E-state index in [4.69, 9.17) is 0 Å². The van der Waals surface area contributed by atoms with Crippen molar-refractivity contribution in [3.05, 3.63) is 18.1 Å². The van der Waals surface area contributed by atoms with Crippen molar-refractivity contribution >= 4 is 11.6 Å². The zero-order valence-electron chi connectivity index (χ0n) is 9.93. The van der Waals surface area contributed by atoms with E-state index in [-0.39, 0.29) is 0 Å². The van der Waals surface area contributed by atoms with Crippen molar-refractivity contribution in [1.29, 1.82) is 0 Å². The minimum absolute atomic E-state index is 0.692. The molecule has 17 heavy (non-hydrogen) atoms. The van der Waals surface area contributed by atoms with E-state index in [2.05, 4.69) is 38.4 Å². The maximum Gasteiger partial charge on any atom is 0.256 e. The number of nitrogens with zero attached hydrogens (tertiary/aromatic N) is 5. The molecule has 0 radical (unpaired) electrons. The highest BCUT2D eigenvalue weighted by Crippen LogP contribution is 2.17. The first-order chi connectivity index (χ1) is 8.38. The van der Waals surface area contributed by atoms with Gasteiger partial charge in [-0.15, -0.1) is 10.2 Å². The lowest BCUT2D eigenvalue weighted by molar-refractivity contribution is 0.582. The first-order valence-electron chi connectivity index (χ1n) is 6.04. The fourth-order valence-corrected chi connectivity index (χ4v) is 2.16. The molecule has 3 rings (SSSR count). The number of hydrogen-bond acceptors (Lipinski definition) is 5. The molecule has 0 saturated carbocycles. The average Bonchev–Trinajstić information content (AvgIpc) is 2.86. The number of fused-ring (bicyclic) bond motifs is 1. The van der Waals surface area contributed by atoms with Gasteiger partial charge in [-0.1, -0.05) is 6.92 Å². The van der Waals surface area contributed by atoms with Gasteiger partial charge < -0.3 is 10.2 Å². The number of piperazine rings is 1. The van der Waals surface area contributed by atoms with Crippen LogP contribution in [0.5, 0.6) is 0 Å². The Kier molecular flexibility index (Phi) is 2.64. The molecule has 90 valence electrons. The highest BCUT2D eigenvalue weighted by Gasteiger charge is 2.15. The summed E-state index contributed by atoms with van der Waals surface area (Å²) in [5.74, 6) is 1.84. The second-order valence-electron chi connectivity index (χ2n) is 4.20. The van der Waals surface area contributed by atoms with Crippen molar-refractivity contribution < 1.29 is 0 Å². The minimum Gasteiger partial charge on any atom is -0.355 e. The molecule has 2 aromatic heterocycles. The summed E-state index contributed by atoms with van der Waals surface area (Å²) >= 11 is 0. The maximum absolute atomic E-state index is 4.46. The van der Waals surface area contributed by atoms with Crippen LogP contribution >= 0.6 is 0 Å². The Morgan fingerprint density at radius 2 is 2.18 bits per heavy atom. The van der Waals surface area contributed by atoms with Crippen molar-refractivity contribution in [2.75, 3.05) is 31.1 Å². The molecule has 1 aliphatic heterocycles. The van der Waals surface area contributed by atoms with Gasteiger partial charge in [-0.3, -0.25) is 4.40 Å². The molecule has 1 aliphatic rings. The van der Waals surface area contributed by atoms with E-state index in [1.54, 1.807) is 6.33 Å². The van der Waals surface area contributed by atoms with E-state index in [9.17, 15) is 0 Å². The van der Waals surface area contributed by atoms with Crippen LogP contribution in [-0.2, 0) is 6.42 Å². The Labute approximate surface area is 99.7 Å². The number of anilines is 1. The maximum atomic E-state index is 4.46. The van der Waals surface area contributed by atoms with Crippen LogP contribution in [0, 0.1) is 0 Å². The predicted molar refractivity (Wildman–Crippen MR) is 65.2 cm³/mol. The van der Waals surface area contributed by atoms with Crippen LogP contribution in [0.3, 0.4) is 0 Å². The van der Waals surface area contributed by atoms with E-state index in [1.807, 2.05) is 4.40 Å². The van der Waals surface area contributed by atoms with E-state index >= 15 is 0 Å². The van der Waals surface area contributed by atoms with Crippen molar-refractivity contribution in [2.45, 2.75) is 13.3 Å². The zero-order valence-corrected chi connectivity index (χ0v) is 9.93. The first kappa shape index (κ1) is 10.5. The number of rotatable bonds is 2. The molecule has 1 fully saturated rings. The normalized spacial score (nSPS) is 16.6. The number of hydrogen-bond donors (Lipinski definition) is 1. The number of aromatic nitrogens is 4. The summed E-state index contributed by atoms with van der Waals surface area (Å²) in [4.78, 5) is 6.81. The Hall–Kier alpha value is -1.69. The van der Waals surface area contributed by atoms with Crippen LogP contribution in [-0.4, -0.2) is 45.8 Å². The Balaban J connectivity index is 2.08. The van der Waals surface area contributed by atoms with E-state index in [0.717, 1.165) is 44.1 Å². The Morgan fingerprint density at radius 3 is 2.94 bits per heavy atom. The first-order valence-corrected chi connectivity index (χ1v) is 6.04. The molecule has 1 N–H and O–H groups in total. The molecule has 6 heteroatoms. The van der Waals surface area contributed by atoms with Gasteiger partial charge >= 0.3 is 0 Å². The highest BCUT2D eigenvalue weighted by molar-refractivity contribution is 5.48. The van der Waals surface area contributed by atoms with Crippen molar-refractivity contribution in [1.82, 2.24) is 24.9 Å². The van der Waals surface area contributed by atoms with Gasteiger partial charge in [0.25, 0.3) is 5.78 Å². The molecule has 0 spiro atoms. The second kappa shape index (κ2) is 4.29. The van der Waals surface area contributed by atoms with Crippen LogP contribution < -0.4 is 10.2 Å². The Bertz CT molecular complexity index is 514. The average molecular weight is 232 g/mol. The number of nitrogens with one attached hydrogen (secondary N) is 1. The highest BCUT2D eigenvalue weighted by atomic mass is 15.3. The van der Waals surface area contributed by atoms with E-state index in [0.29, 0.717) is 5.78 Å². The van der Waals surface area contributed by atoms with Crippen molar-refractivity contribution in [2.24, 2.45) is 0 Å². The van der Waals surface area contributed by atoms with Gasteiger partial charge in [-0.05, 0) is 6.42 Å². The third kappa shape index (κ3) is 1.84. The fourth-order valence-electron chi connectivity index (χ4n) is 2.16. The molecule has 1 saturated heterocycles. The summed E-state index contributed by atoms with van der Waals surface area (Å²) in [6.07, 6.45) is 2.65. The monoisotopic (exact) mass is 232 g/mol. The molecule has 0 aliphatic carbocycles. The lowest BCUT2D eigenvalue weighted by Gasteiger charge is -2.29. The van der Waals surface area contributed by atoms with Crippen molar-refractivity contribution in [3.8, 4) is 0 Å². The van der Waals surface area contributed by atoms with E-state index < -0.39 is 0 Å². The topological polar surface area (TPSA) is 58.4 Å². The van der Waals surface area contributed by atoms with Gasteiger partial charge in [0, 0.05) is 37.9 Å². The quantitative estimate of drug-likeness (QED) is 0.795. The molecule has 0 aromatic carbocycles. The lowest BCUT2D eigenvalue weighted by Crippen LogP contribution is -2.44. The van der Waals surface area contributed by atoms with Gasteiger partial charge in [-0.25, -0.2) is 4.98 Å². The molecule has 0 bridgehead atoms. The number of aryl methyl sites for hydroxylation is 1. The van der Waals surface area contributed by atoms with Gasteiger partial charge in [0.15, 0.2) is 0 Å². The third-order valence-corrected chi connectivity index (χ3v) is 3.12. The lowest BCUT2D eigenvalue weighted by atomic mass is 10.3. The minimum atomic E-state index is 0.692. The zero-order chi connectivity index (χ0) is 11.7. The summed E-state index contributed by atoms with van der Waals surface area (Å²) in [6.45, 7) is 6.18. The smallest absolute Gasteiger partial charge is 0.256 e. The standard InChI is InChI=1S/C11H16N6/c1-2-9-7-10(16-5-3-12-4-6-16)17-8-13-15-11(17)14-9/h7-8,12H,2-6H2,1H3. The molecular formula is C11H16N6. The van der Waals surface area contributed by atoms with Gasteiger partial charge in [0.1, 0.15) is 12.1 Å². The van der Waals surface area contributed by atoms with Crippen LogP contribution in [0.1, 0.15) is 12.6 Å². The second-order valence-corrected chi connectivity index (χ2v) is 4.20. The summed E-state index contributed by atoms with van der Waals surface area (Å²) in [5, 5.41) is 11.3. The van der Waals surface area contributed by atoms with Crippen LogP contribution in [0.15, 0.2) is 12.4 Å². The molecule has 2 aromatic rings. The third-order valence-electron chi connectivity index (χ3n) is 3.12. The summed E-state index contributed by atoms with van der Waals surface area (Å²) in [5.41, 5.74) is 1.07. The van der Waals surface area contributed by atoms with Gasteiger partial charge in [0.2, 0.25) is 0 Å². The molecular weight excluding hydrogens is 216 g/mol. The summed E-state index contributed by atoms with van der Waals surface area (Å²) < 4.78 is 1.96. The SMILES string of the molecule is CCc1cc(N2CCNCC2)n2cnnc2n1. The molecule has 0 atom stereocenters.